The molecule has 1 N–H and O–H groups in total. The van der Waals surface area contributed by atoms with Crippen molar-refractivity contribution in [2.45, 2.75) is 19.8 Å². The fraction of sp³-hybridized carbons (Fsp3) is 0.333. The van der Waals surface area contributed by atoms with Gasteiger partial charge in [0, 0.05) is 18.7 Å². The molecule has 0 atom stereocenters. The zero-order chi connectivity index (χ0) is 22.3. The van der Waals surface area contributed by atoms with E-state index in [-0.39, 0.29) is 18.9 Å². The molecule has 2 aromatic rings. The molecule has 162 valence electrons. The highest BCUT2D eigenvalue weighted by atomic mass is 32.2. The lowest BCUT2D eigenvalue weighted by molar-refractivity contribution is -0.116. The van der Waals surface area contributed by atoms with E-state index in [1.807, 2.05) is 0 Å². The molecule has 30 heavy (non-hydrogen) atoms. The normalized spacial score (nSPS) is 10.9. The number of carbonyl (C=O) groups is 2. The molecule has 0 bridgehead atoms. The number of ether oxygens (including phenoxy) is 2. The standard InChI is InChI=1S/C21H26N2O6S/c1-15-16(21(25)29-3)9-7-10-17(15)22-20(24)13-8-14-23(30(4,26)27)18-11-5-6-12-19(18)28-2/h5-7,9-12H,8,13-14H2,1-4H3,(H,22,24). The van der Waals surface area contributed by atoms with Crippen LogP contribution in [0.5, 0.6) is 5.75 Å². The average molecular weight is 435 g/mol. The number of esters is 1. The molecule has 0 aliphatic rings. The molecule has 0 aromatic heterocycles. The molecule has 0 aliphatic carbocycles. The van der Waals surface area contributed by atoms with Gasteiger partial charge in [-0.2, -0.15) is 0 Å². The summed E-state index contributed by atoms with van der Waals surface area (Å²) in [4.78, 5) is 24.2. The van der Waals surface area contributed by atoms with Gasteiger partial charge in [-0.1, -0.05) is 18.2 Å². The third kappa shape index (κ3) is 5.73. The lowest BCUT2D eigenvalue weighted by Gasteiger charge is -2.24. The molecule has 0 radical (unpaired) electrons. The summed E-state index contributed by atoms with van der Waals surface area (Å²) in [5.74, 6) is -0.333. The first-order valence-corrected chi connectivity index (χ1v) is 11.1. The number of hydrogen-bond donors (Lipinski definition) is 1. The van der Waals surface area contributed by atoms with Crippen molar-refractivity contribution < 1.29 is 27.5 Å². The molecule has 8 nitrogen and oxygen atoms in total. The molecule has 2 aromatic carbocycles. The number of para-hydroxylation sites is 2. The van der Waals surface area contributed by atoms with E-state index in [9.17, 15) is 18.0 Å². The van der Waals surface area contributed by atoms with Gasteiger partial charge in [0.25, 0.3) is 0 Å². The van der Waals surface area contributed by atoms with Gasteiger partial charge in [-0.15, -0.1) is 0 Å². The van der Waals surface area contributed by atoms with Crippen LogP contribution in [0.3, 0.4) is 0 Å². The maximum atomic E-state index is 12.4. The van der Waals surface area contributed by atoms with Crippen LogP contribution >= 0.6 is 0 Å². The van der Waals surface area contributed by atoms with Crippen molar-refractivity contribution in [1.82, 2.24) is 0 Å². The first-order valence-electron chi connectivity index (χ1n) is 9.27. The molecule has 0 saturated carbocycles. The Morgan fingerprint density at radius 2 is 1.77 bits per heavy atom. The largest absolute Gasteiger partial charge is 0.495 e. The molecular weight excluding hydrogens is 408 g/mol. The van der Waals surface area contributed by atoms with E-state index in [4.69, 9.17) is 9.47 Å². The summed E-state index contributed by atoms with van der Waals surface area (Å²) >= 11 is 0. The van der Waals surface area contributed by atoms with Gasteiger partial charge in [0.15, 0.2) is 0 Å². The summed E-state index contributed by atoms with van der Waals surface area (Å²) in [6, 6.07) is 11.8. The molecule has 0 heterocycles. The Morgan fingerprint density at radius 1 is 1.07 bits per heavy atom. The zero-order valence-electron chi connectivity index (χ0n) is 17.5. The summed E-state index contributed by atoms with van der Waals surface area (Å²) in [5.41, 5.74) is 1.90. The van der Waals surface area contributed by atoms with Crippen LogP contribution in [0.25, 0.3) is 0 Å². The number of nitrogens with one attached hydrogen (secondary N) is 1. The van der Waals surface area contributed by atoms with Gasteiger partial charge in [0.1, 0.15) is 5.75 Å². The van der Waals surface area contributed by atoms with Gasteiger partial charge >= 0.3 is 5.97 Å². The molecule has 0 spiro atoms. The molecule has 1 amide bonds. The Bertz CT molecular complexity index is 1020. The SMILES string of the molecule is COC(=O)c1cccc(NC(=O)CCCN(c2ccccc2OC)S(C)(=O)=O)c1C. The fourth-order valence-corrected chi connectivity index (χ4v) is 3.97. The molecule has 0 aliphatic heterocycles. The van der Waals surface area contributed by atoms with Gasteiger partial charge in [-0.3, -0.25) is 9.10 Å². The Balaban J connectivity index is 2.06. The van der Waals surface area contributed by atoms with E-state index in [0.717, 1.165) is 6.26 Å². The number of rotatable bonds is 9. The van der Waals surface area contributed by atoms with Crippen LogP contribution in [0.15, 0.2) is 42.5 Å². The number of methoxy groups -OCH3 is 2. The van der Waals surface area contributed by atoms with Crippen LogP contribution in [0, 0.1) is 6.92 Å². The van der Waals surface area contributed by atoms with Crippen LogP contribution in [0.1, 0.15) is 28.8 Å². The van der Waals surface area contributed by atoms with Crippen molar-refractivity contribution in [2.24, 2.45) is 0 Å². The minimum atomic E-state index is -3.56. The minimum absolute atomic E-state index is 0.100. The molecule has 0 saturated heterocycles. The maximum Gasteiger partial charge on any atom is 0.338 e. The maximum absolute atomic E-state index is 12.4. The third-order valence-corrected chi connectivity index (χ3v) is 5.71. The summed E-state index contributed by atoms with van der Waals surface area (Å²) in [7, 11) is -0.798. The number of benzene rings is 2. The molecule has 9 heteroatoms. The van der Waals surface area contributed by atoms with Crippen molar-refractivity contribution in [2.75, 3.05) is 36.6 Å². The predicted octanol–water partition coefficient (Wildman–Crippen LogP) is 2.98. The second-order valence-electron chi connectivity index (χ2n) is 6.63. The quantitative estimate of drug-likeness (QED) is 0.609. The van der Waals surface area contributed by atoms with Crippen molar-refractivity contribution >= 4 is 33.3 Å². The lowest BCUT2D eigenvalue weighted by atomic mass is 10.1. The summed E-state index contributed by atoms with van der Waals surface area (Å²) in [6.45, 7) is 1.84. The summed E-state index contributed by atoms with van der Waals surface area (Å²) in [5, 5.41) is 2.76. The van der Waals surface area contributed by atoms with Gasteiger partial charge in [0.2, 0.25) is 15.9 Å². The molecule has 0 unspecified atom stereocenters. The number of nitrogens with zero attached hydrogens (tertiary/aromatic N) is 1. The van der Waals surface area contributed by atoms with E-state index in [1.165, 1.54) is 18.5 Å². The number of hydrogen-bond acceptors (Lipinski definition) is 6. The Kier molecular flexibility index (Phi) is 7.82. The number of sulfonamides is 1. The second kappa shape index (κ2) is 10.1. The number of anilines is 2. The van der Waals surface area contributed by atoms with Crippen LogP contribution in [0.2, 0.25) is 0 Å². The highest BCUT2D eigenvalue weighted by Gasteiger charge is 2.21. The molecule has 0 fully saturated rings. The molecular formula is C21H26N2O6S. The van der Waals surface area contributed by atoms with Crippen LogP contribution in [-0.4, -0.2) is 47.3 Å². The van der Waals surface area contributed by atoms with E-state index in [0.29, 0.717) is 34.7 Å². The molecule has 2 rings (SSSR count). The van der Waals surface area contributed by atoms with Crippen molar-refractivity contribution in [3.8, 4) is 5.75 Å². The first-order chi connectivity index (χ1) is 14.2. The van der Waals surface area contributed by atoms with Gasteiger partial charge in [-0.25, -0.2) is 13.2 Å². The highest BCUT2D eigenvalue weighted by molar-refractivity contribution is 7.92. The lowest BCUT2D eigenvalue weighted by Crippen LogP contribution is -2.31. The van der Waals surface area contributed by atoms with Gasteiger partial charge in [0.05, 0.1) is 31.7 Å². The first kappa shape index (κ1) is 23.2. The average Bonchev–Trinajstić information content (AvgIpc) is 2.71. The monoisotopic (exact) mass is 434 g/mol. The summed E-state index contributed by atoms with van der Waals surface area (Å²) in [6.07, 6.45) is 1.51. The van der Waals surface area contributed by atoms with Crippen LogP contribution in [-0.2, 0) is 19.6 Å². The van der Waals surface area contributed by atoms with E-state index in [1.54, 1.807) is 49.4 Å². The van der Waals surface area contributed by atoms with Gasteiger partial charge < -0.3 is 14.8 Å². The van der Waals surface area contributed by atoms with E-state index in [2.05, 4.69) is 5.32 Å². The van der Waals surface area contributed by atoms with Crippen LogP contribution < -0.4 is 14.4 Å². The smallest absolute Gasteiger partial charge is 0.338 e. The van der Waals surface area contributed by atoms with Crippen molar-refractivity contribution in [3.63, 3.8) is 0 Å². The second-order valence-corrected chi connectivity index (χ2v) is 8.54. The fourth-order valence-electron chi connectivity index (χ4n) is 3.00. The third-order valence-electron chi connectivity index (χ3n) is 4.53. The topological polar surface area (TPSA) is 102 Å². The minimum Gasteiger partial charge on any atom is -0.495 e. The summed E-state index contributed by atoms with van der Waals surface area (Å²) < 4.78 is 35.8. The van der Waals surface area contributed by atoms with E-state index >= 15 is 0 Å². The zero-order valence-corrected chi connectivity index (χ0v) is 18.3. The van der Waals surface area contributed by atoms with Gasteiger partial charge in [-0.05, 0) is 43.2 Å². The van der Waals surface area contributed by atoms with Crippen molar-refractivity contribution in [3.05, 3.63) is 53.6 Å². The Hall–Kier alpha value is -3.07. The highest BCUT2D eigenvalue weighted by Crippen LogP contribution is 2.29. The Morgan fingerprint density at radius 3 is 2.40 bits per heavy atom. The predicted molar refractivity (Wildman–Crippen MR) is 116 cm³/mol. The van der Waals surface area contributed by atoms with Crippen LogP contribution in [0.4, 0.5) is 11.4 Å². The number of carbonyl (C=O) groups excluding carboxylic acids is 2. The van der Waals surface area contributed by atoms with Crippen molar-refractivity contribution in [1.29, 1.82) is 0 Å². The van der Waals surface area contributed by atoms with E-state index < -0.39 is 16.0 Å². The number of amides is 1. The Labute approximate surface area is 176 Å².